The summed E-state index contributed by atoms with van der Waals surface area (Å²) in [6, 6.07) is 87.5. The molecule has 0 N–H and O–H groups in total. The molecule has 2 aliphatic rings. The largest absolute Gasteiger partial charge is 0.458 e. The normalized spacial score (nSPS) is 12.8. The summed E-state index contributed by atoms with van der Waals surface area (Å²) in [7, 11) is -2.92. The van der Waals surface area contributed by atoms with Gasteiger partial charge in [-0.25, -0.2) is 0 Å². The SMILES string of the molecule is CC(C)(C)c1ccc2c(c1)B1c3cc(C(C)(C)C)ccc3Oc3c(-c4c(-c5ccccc5)cccc4-c4ccccc4)cc(-c4cccc([Si](c5ccccc5)(c5ccccc5)c5ccccc5)c4)c(c31)O2. The van der Waals surface area contributed by atoms with Gasteiger partial charge in [-0.15, -0.1) is 0 Å². The Morgan fingerprint density at radius 3 is 1.17 bits per heavy atom. The number of hydrogen-bond acceptors (Lipinski definition) is 2. The van der Waals surface area contributed by atoms with Crippen LogP contribution in [0.4, 0.5) is 0 Å². The minimum absolute atomic E-state index is 0.0846. The third-order valence-corrected chi connectivity index (χ3v) is 19.9. The molecule has 0 spiro atoms. The number of benzene rings is 10. The van der Waals surface area contributed by atoms with Crippen molar-refractivity contribution in [3.05, 3.63) is 248 Å². The molecule has 2 nitrogen and oxygen atoms in total. The summed E-state index contributed by atoms with van der Waals surface area (Å²) in [5.41, 5.74) is 14.6. The van der Waals surface area contributed by atoms with Gasteiger partial charge in [-0.2, -0.15) is 0 Å². The smallest absolute Gasteiger partial charge is 0.260 e. The van der Waals surface area contributed by atoms with Gasteiger partial charge in [0.15, 0.2) is 8.07 Å². The Balaban J connectivity index is 1.22. The first-order valence-electron chi connectivity index (χ1n) is 25.4. The molecule has 0 radical (unpaired) electrons. The minimum atomic E-state index is -2.92. The standard InChI is InChI=1S/C68H57BO2Si/c1-67(2,3)49-38-40-61-59(43-49)69-60-44-50(68(4,5)6)39-41-62(60)71-66-58(63-55(46-24-12-7-13-25-46)36-23-37-56(63)47-26-14-8-15-27-47)45-57(65(70-61)64(66)69)48-28-22-35-54(42-48)72(51-29-16-9-17-30-51,52-31-18-10-19-32-52)53-33-20-11-21-34-53/h7-45H,1-6H3. The lowest BCUT2D eigenvalue weighted by molar-refractivity contribution is 0.466. The maximum Gasteiger partial charge on any atom is 0.260 e. The van der Waals surface area contributed by atoms with E-state index in [-0.39, 0.29) is 17.5 Å². The van der Waals surface area contributed by atoms with E-state index in [9.17, 15) is 0 Å². The fraction of sp³-hybridized carbons (Fsp3) is 0.118. The Bertz CT molecular complexity index is 3450. The lowest BCUT2D eigenvalue weighted by Crippen LogP contribution is -2.74. The second kappa shape index (κ2) is 17.7. The van der Waals surface area contributed by atoms with Gasteiger partial charge in [0.25, 0.3) is 6.71 Å². The summed E-state index contributed by atoms with van der Waals surface area (Å²) in [5.74, 6) is 3.42. The van der Waals surface area contributed by atoms with Gasteiger partial charge < -0.3 is 9.47 Å². The topological polar surface area (TPSA) is 18.5 Å². The first-order chi connectivity index (χ1) is 35.0. The van der Waals surface area contributed by atoms with Crippen LogP contribution in [0.25, 0.3) is 44.5 Å². The first-order valence-corrected chi connectivity index (χ1v) is 27.4. The summed E-state index contributed by atoms with van der Waals surface area (Å²) in [4.78, 5) is 0. The molecule has 0 amide bonds. The van der Waals surface area contributed by atoms with Gasteiger partial charge in [0.05, 0.1) is 0 Å². The van der Waals surface area contributed by atoms with Gasteiger partial charge in [0.1, 0.15) is 23.0 Å². The third-order valence-electron chi connectivity index (χ3n) is 15.1. The van der Waals surface area contributed by atoms with E-state index in [1.165, 1.54) is 31.9 Å². The Kier molecular flexibility index (Phi) is 11.1. The number of rotatable bonds is 8. The quantitative estimate of drug-likeness (QED) is 0.112. The molecule has 2 heterocycles. The summed E-state index contributed by atoms with van der Waals surface area (Å²) >= 11 is 0. The zero-order valence-electron chi connectivity index (χ0n) is 41.9. The molecule has 0 fully saturated rings. The molecule has 0 unspecified atom stereocenters. The zero-order valence-corrected chi connectivity index (χ0v) is 42.9. The van der Waals surface area contributed by atoms with Crippen LogP contribution in [0.15, 0.2) is 237 Å². The Morgan fingerprint density at radius 1 is 0.333 bits per heavy atom. The predicted molar refractivity (Wildman–Crippen MR) is 307 cm³/mol. The van der Waals surface area contributed by atoms with E-state index in [1.807, 2.05) is 0 Å². The molecule has 12 rings (SSSR count). The highest BCUT2D eigenvalue weighted by atomic mass is 28.3. The van der Waals surface area contributed by atoms with Gasteiger partial charge in [-0.1, -0.05) is 260 Å². The maximum absolute atomic E-state index is 7.54. The molecule has 2 aliphatic heterocycles. The fourth-order valence-electron chi connectivity index (χ4n) is 11.5. The average Bonchev–Trinajstić information content (AvgIpc) is 3.41. The van der Waals surface area contributed by atoms with Crippen LogP contribution in [0.5, 0.6) is 23.0 Å². The van der Waals surface area contributed by atoms with Crippen LogP contribution < -0.4 is 46.6 Å². The molecule has 0 bridgehead atoms. The highest BCUT2D eigenvalue weighted by Gasteiger charge is 2.45. The molecule has 0 atom stereocenters. The summed E-state index contributed by atoms with van der Waals surface area (Å²) in [6.45, 7) is 13.6. The molecule has 348 valence electrons. The van der Waals surface area contributed by atoms with E-state index in [1.54, 1.807) is 0 Å². The monoisotopic (exact) mass is 944 g/mol. The van der Waals surface area contributed by atoms with Crippen molar-refractivity contribution in [2.45, 2.75) is 52.4 Å². The van der Waals surface area contributed by atoms with E-state index < -0.39 is 8.07 Å². The lowest BCUT2D eigenvalue weighted by atomic mass is 9.34. The van der Waals surface area contributed by atoms with Crippen LogP contribution >= 0.6 is 0 Å². The summed E-state index contributed by atoms with van der Waals surface area (Å²) in [5, 5.41) is 5.28. The van der Waals surface area contributed by atoms with Crippen molar-refractivity contribution >= 4 is 51.9 Å². The van der Waals surface area contributed by atoms with E-state index in [2.05, 4.69) is 278 Å². The van der Waals surface area contributed by atoms with Crippen molar-refractivity contribution in [2.75, 3.05) is 0 Å². The van der Waals surface area contributed by atoms with Crippen LogP contribution in [0, 0.1) is 0 Å². The van der Waals surface area contributed by atoms with E-state index in [4.69, 9.17) is 9.47 Å². The molecule has 10 aromatic carbocycles. The lowest BCUT2D eigenvalue weighted by Gasteiger charge is -2.37. The number of ether oxygens (including phenoxy) is 2. The van der Waals surface area contributed by atoms with Gasteiger partial charge in [-0.05, 0) is 99.6 Å². The highest BCUT2D eigenvalue weighted by Crippen LogP contribution is 2.51. The van der Waals surface area contributed by atoms with Crippen LogP contribution in [0.1, 0.15) is 52.7 Å². The minimum Gasteiger partial charge on any atom is -0.458 e. The van der Waals surface area contributed by atoms with E-state index >= 15 is 0 Å². The second-order valence-corrected chi connectivity index (χ2v) is 25.4. The Hall–Kier alpha value is -7.92. The maximum atomic E-state index is 7.54. The second-order valence-electron chi connectivity index (χ2n) is 21.6. The number of fused-ring (bicyclic) bond motifs is 4. The van der Waals surface area contributed by atoms with Crippen molar-refractivity contribution in [1.82, 2.24) is 0 Å². The van der Waals surface area contributed by atoms with Crippen LogP contribution in [0.3, 0.4) is 0 Å². The van der Waals surface area contributed by atoms with Crippen LogP contribution in [-0.2, 0) is 10.8 Å². The van der Waals surface area contributed by atoms with Crippen molar-refractivity contribution in [3.63, 3.8) is 0 Å². The van der Waals surface area contributed by atoms with Crippen molar-refractivity contribution in [1.29, 1.82) is 0 Å². The Labute approximate surface area is 426 Å². The predicted octanol–water partition coefficient (Wildman–Crippen LogP) is 13.1. The van der Waals surface area contributed by atoms with Crippen molar-refractivity contribution < 1.29 is 9.47 Å². The Morgan fingerprint density at radius 2 is 0.722 bits per heavy atom. The first kappa shape index (κ1) is 45.2. The molecular weight excluding hydrogens is 888 g/mol. The molecule has 0 aliphatic carbocycles. The molecule has 10 aromatic rings. The fourth-order valence-corrected chi connectivity index (χ4v) is 16.3. The highest BCUT2D eigenvalue weighted by molar-refractivity contribution is 7.20. The van der Waals surface area contributed by atoms with Gasteiger partial charge in [0, 0.05) is 22.2 Å². The van der Waals surface area contributed by atoms with E-state index in [0.717, 1.165) is 83.9 Å². The summed E-state index contributed by atoms with van der Waals surface area (Å²) in [6.07, 6.45) is 0. The van der Waals surface area contributed by atoms with Crippen LogP contribution in [-0.4, -0.2) is 14.8 Å². The van der Waals surface area contributed by atoms with Gasteiger partial charge >= 0.3 is 0 Å². The molecule has 0 aromatic heterocycles. The molecular formula is C68H57BO2Si. The molecule has 0 saturated carbocycles. The van der Waals surface area contributed by atoms with Crippen molar-refractivity contribution in [2.24, 2.45) is 0 Å². The molecule has 4 heteroatoms. The summed E-state index contributed by atoms with van der Waals surface area (Å²) < 4.78 is 15.1. The zero-order chi connectivity index (χ0) is 49.2. The van der Waals surface area contributed by atoms with Gasteiger partial charge in [-0.3, -0.25) is 0 Å². The average molecular weight is 945 g/mol. The molecule has 72 heavy (non-hydrogen) atoms. The van der Waals surface area contributed by atoms with E-state index in [0.29, 0.717) is 0 Å². The number of hydrogen-bond donors (Lipinski definition) is 0. The van der Waals surface area contributed by atoms with Crippen molar-refractivity contribution in [3.8, 4) is 67.5 Å². The third kappa shape index (κ3) is 7.64. The van der Waals surface area contributed by atoms with Crippen LogP contribution in [0.2, 0.25) is 0 Å². The molecule has 0 saturated heterocycles. The van der Waals surface area contributed by atoms with Gasteiger partial charge in [0.2, 0.25) is 0 Å².